The third kappa shape index (κ3) is 3.42. The summed E-state index contributed by atoms with van der Waals surface area (Å²) in [4.78, 5) is 1.21. The van der Waals surface area contributed by atoms with Gasteiger partial charge in [0.15, 0.2) is 0 Å². The summed E-state index contributed by atoms with van der Waals surface area (Å²) in [6.45, 7) is 0.285. The zero-order chi connectivity index (χ0) is 13.2. The zero-order valence-electron chi connectivity index (χ0n) is 9.06. The first-order valence-electron chi connectivity index (χ1n) is 4.96. The van der Waals surface area contributed by atoms with Crippen LogP contribution in [0.15, 0.2) is 49.6 Å². The fourth-order valence-corrected chi connectivity index (χ4v) is 4.44. The summed E-state index contributed by atoms with van der Waals surface area (Å²) in [5.74, 6) is 0. The summed E-state index contributed by atoms with van der Waals surface area (Å²) in [6, 6.07) is 8.52. The van der Waals surface area contributed by atoms with Crippen molar-refractivity contribution in [2.75, 3.05) is 0 Å². The molecular weight excluding hydrogens is 402 g/mol. The average molecular weight is 411 g/mol. The first kappa shape index (κ1) is 14.2. The molecule has 0 aliphatic rings. The van der Waals surface area contributed by atoms with Crippen LogP contribution in [0.25, 0.3) is 0 Å². The molecule has 0 fully saturated rings. The third-order valence-corrected chi connectivity index (χ3v) is 6.04. The van der Waals surface area contributed by atoms with Gasteiger partial charge in [-0.05, 0) is 45.6 Å². The van der Waals surface area contributed by atoms with E-state index in [-0.39, 0.29) is 11.4 Å². The molecule has 0 aliphatic carbocycles. The number of hydrogen-bond acceptors (Lipinski definition) is 3. The molecule has 0 aliphatic heterocycles. The van der Waals surface area contributed by atoms with Gasteiger partial charge in [-0.3, -0.25) is 0 Å². The molecule has 0 amide bonds. The van der Waals surface area contributed by atoms with Gasteiger partial charge >= 0.3 is 0 Å². The van der Waals surface area contributed by atoms with Crippen molar-refractivity contribution in [1.82, 2.24) is 4.72 Å². The normalized spacial score (nSPS) is 11.7. The first-order chi connectivity index (χ1) is 8.49. The van der Waals surface area contributed by atoms with E-state index in [0.29, 0.717) is 0 Å². The Labute approximate surface area is 127 Å². The number of rotatable bonds is 4. The Morgan fingerprint density at radius 3 is 2.61 bits per heavy atom. The van der Waals surface area contributed by atoms with Crippen molar-refractivity contribution in [2.24, 2.45) is 0 Å². The largest absolute Gasteiger partial charge is 0.240 e. The van der Waals surface area contributed by atoms with Gasteiger partial charge in [-0.2, -0.15) is 0 Å². The molecule has 1 aromatic carbocycles. The predicted molar refractivity (Wildman–Crippen MR) is 80.2 cm³/mol. The molecule has 0 unspecified atom stereocenters. The van der Waals surface area contributed by atoms with E-state index in [1.54, 1.807) is 24.3 Å². The van der Waals surface area contributed by atoms with Gasteiger partial charge in [-0.1, -0.05) is 22.0 Å². The topological polar surface area (TPSA) is 46.2 Å². The highest BCUT2D eigenvalue weighted by Crippen LogP contribution is 2.23. The molecule has 0 saturated carbocycles. The van der Waals surface area contributed by atoms with Crippen LogP contribution in [-0.2, 0) is 16.6 Å². The molecule has 18 heavy (non-hydrogen) atoms. The Balaban J connectivity index is 2.16. The van der Waals surface area contributed by atoms with Crippen LogP contribution in [0.3, 0.4) is 0 Å². The molecule has 7 heteroatoms. The van der Waals surface area contributed by atoms with Gasteiger partial charge < -0.3 is 0 Å². The Morgan fingerprint density at radius 2 is 2.00 bits per heavy atom. The van der Waals surface area contributed by atoms with E-state index in [2.05, 4.69) is 36.6 Å². The molecule has 96 valence electrons. The SMILES string of the molecule is O=S(=O)(NCc1sccc1Br)c1cccc(Br)c1. The van der Waals surface area contributed by atoms with Crippen molar-refractivity contribution < 1.29 is 8.42 Å². The molecule has 3 nitrogen and oxygen atoms in total. The fourth-order valence-electron chi connectivity index (χ4n) is 1.33. The van der Waals surface area contributed by atoms with Crippen molar-refractivity contribution in [1.29, 1.82) is 0 Å². The van der Waals surface area contributed by atoms with E-state index in [1.807, 2.05) is 11.4 Å². The summed E-state index contributed by atoms with van der Waals surface area (Å²) < 4.78 is 28.3. The Hall–Kier alpha value is -0.210. The second-order valence-corrected chi connectivity index (χ2v) is 8.01. The molecule has 1 aromatic heterocycles. The zero-order valence-corrected chi connectivity index (χ0v) is 13.9. The summed E-state index contributed by atoms with van der Waals surface area (Å²) in [7, 11) is -3.47. The molecular formula is C11H9Br2NO2S2. The molecule has 0 radical (unpaired) electrons. The maximum Gasteiger partial charge on any atom is 0.240 e. The smallest absolute Gasteiger partial charge is 0.207 e. The van der Waals surface area contributed by atoms with Gasteiger partial charge in [-0.15, -0.1) is 11.3 Å². The highest BCUT2D eigenvalue weighted by atomic mass is 79.9. The summed E-state index contributed by atoms with van der Waals surface area (Å²) in [5, 5.41) is 1.91. The summed E-state index contributed by atoms with van der Waals surface area (Å²) in [5.41, 5.74) is 0. The van der Waals surface area contributed by atoms with Crippen LogP contribution in [0.1, 0.15) is 4.88 Å². The fraction of sp³-hybridized carbons (Fsp3) is 0.0909. The number of benzene rings is 1. The van der Waals surface area contributed by atoms with Crippen molar-refractivity contribution in [2.45, 2.75) is 11.4 Å². The maximum atomic E-state index is 12.0. The summed E-state index contributed by atoms with van der Waals surface area (Å²) in [6.07, 6.45) is 0. The number of thiophene rings is 1. The van der Waals surface area contributed by atoms with Gasteiger partial charge in [0.25, 0.3) is 0 Å². The first-order valence-corrected chi connectivity index (χ1v) is 8.91. The standard InChI is InChI=1S/C11H9Br2NO2S2/c12-8-2-1-3-9(6-8)18(15,16)14-7-11-10(13)4-5-17-11/h1-6,14H,7H2. The van der Waals surface area contributed by atoms with Crippen molar-refractivity contribution in [3.63, 3.8) is 0 Å². The second kappa shape index (κ2) is 5.83. The lowest BCUT2D eigenvalue weighted by molar-refractivity contribution is 0.581. The lowest BCUT2D eigenvalue weighted by atomic mass is 10.4. The Morgan fingerprint density at radius 1 is 1.22 bits per heavy atom. The molecule has 1 heterocycles. The minimum Gasteiger partial charge on any atom is -0.207 e. The van der Waals surface area contributed by atoms with Crippen LogP contribution >= 0.6 is 43.2 Å². The van der Waals surface area contributed by atoms with E-state index >= 15 is 0 Å². The lowest BCUT2D eigenvalue weighted by Crippen LogP contribution is -2.22. The van der Waals surface area contributed by atoms with Gasteiger partial charge in [0.05, 0.1) is 4.90 Å². The van der Waals surface area contributed by atoms with E-state index in [1.165, 1.54) is 11.3 Å². The number of halogens is 2. The highest BCUT2D eigenvalue weighted by Gasteiger charge is 2.14. The van der Waals surface area contributed by atoms with Crippen LogP contribution in [-0.4, -0.2) is 8.42 Å². The number of sulfonamides is 1. The van der Waals surface area contributed by atoms with Gasteiger partial charge in [0, 0.05) is 20.4 Å². The van der Waals surface area contributed by atoms with Gasteiger partial charge in [0.1, 0.15) is 0 Å². The van der Waals surface area contributed by atoms with Crippen LogP contribution in [0.4, 0.5) is 0 Å². The van der Waals surface area contributed by atoms with Crippen LogP contribution in [0.5, 0.6) is 0 Å². The van der Waals surface area contributed by atoms with E-state index < -0.39 is 10.0 Å². The van der Waals surface area contributed by atoms with Crippen molar-refractivity contribution in [3.05, 3.63) is 49.5 Å². The van der Waals surface area contributed by atoms with Crippen molar-refractivity contribution in [3.8, 4) is 0 Å². The molecule has 1 N–H and O–H groups in total. The number of nitrogens with one attached hydrogen (secondary N) is 1. The minimum atomic E-state index is -3.47. The molecule has 0 atom stereocenters. The van der Waals surface area contributed by atoms with Crippen LogP contribution in [0, 0.1) is 0 Å². The van der Waals surface area contributed by atoms with E-state index in [4.69, 9.17) is 0 Å². The molecule has 0 bridgehead atoms. The van der Waals surface area contributed by atoms with E-state index in [0.717, 1.165) is 13.8 Å². The van der Waals surface area contributed by atoms with Crippen LogP contribution < -0.4 is 4.72 Å². The monoisotopic (exact) mass is 409 g/mol. The quantitative estimate of drug-likeness (QED) is 0.834. The lowest BCUT2D eigenvalue weighted by Gasteiger charge is -2.06. The highest BCUT2D eigenvalue weighted by molar-refractivity contribution is 9.10. The molecule has 2 rings (SSSR count). The average Bonchev–Trinajstić information content (AvgIpc) is 2.72. The number of hydrogen-bond donors (Lipinski definition) is 1. The van der Waals surface area contributed by atoms with Gasteiger partial charge in [0.2, 0.25) is 10.0 Å². The Bertz CT molecular complexity index is 653. The Kier molecular flexibility index (Phi) is 4.60. The molecule has 0 spiro atoms. The second-order valence-electron chi connectivity index (χ2n) is 3.47. The van der Waals surface area contributed by atoms with Crippen LogP contribution in [0.2, 0.25) is 0 Å². The summed E-state index contributed by atoms with van der Waals surface area (Å²) >= 11 is 8.13. The van der Waals surface area contributed by atoms with Crippen molar-refractivity contribution >= 4 is 53.2 Å². The molecule has 2 aromatic rings. The van der Waals surface area contributed by atoms with E-state index in [9.17, 15) is 8.42 Å². The third-order valence-electron chi connectivity index (χ3n) is 2.22. The predicted octanol–water partition coefficient (Wildman–Crippen LogP) is 3.75. The maximum absolute atomic E-state index is 12.0. The molecule has 0 saturated heterocycles. The van der Waals surface area contributed by atoms with Gasteiger partial charge in [-0.25, -0.2) is 13.1 Å². The minimum absolute atomic E-state index is 0.254.